The molecule has 0 unspecified atom stereocenters. The summed E-state index contributed by atoms with van der Waals surface area (Å²) >= 11 is 6.34. The third kappa shape index (κ3) is 5.22. The number of aromatic nitrogens is 7. The number of ether oxygens (including phenoxy) is 2. The highest BCUT2D eigenvalue weighted by atomic mass is 35.5. The number of methoxy groups -OCH3 is 2. The molecule has 0 bridgehead atoms. The van der Waals surface area contributed by atoms with Crippen molar-refractivity contribution < 1.29 is 14.3 Å². The fourth-order valence-electron chi connectivity index (χ4n) is 5.30. The molecule has 0 radical (unpaired) electrons. The van der Waals surface area contributed by atoms with Crippen LogP contribution < -0.4 is 15.5 Å². The highest BCUT2D eigenvalue weighted by Crippen LogP contribution is 2.32. The van der Waals surface area contributed by atoms with Gasteiger partial charge in [-0.25, -0.2) is 19.7 Å². The van der Waals surface area contributed by atoms with Crippen molar-refractivity contribution in [3.63, 3.8) is 0 Å². The molecule has 1 saturated heterocycles. The number of hydrogen-bond donors (Lipinski definition) is 2. The summed E-state index contributed by atoms with van der Waals surface area (Å²) in [5.41, 5.74) is 4.92. The number of hydrazine groups is 1. The summed E-state index contributed by atoms with van der Waals surface area (Å²) in [5.74, 6) is 1.38. The van der Waals surface area contributed by atoms with Gasteiger partial charge in [-0.15, -0.1) is 10.2 Å². The number of aryl methyl sites for hydroxylation is 1. The molecule has 1 fully saturated rings. The topological polar surface area (TPSA) is 137 Å². The van der Waals surface area contributed by atoms with Crippen molar-refractivity contribution in [2.45, 2.75) is 38.9 Å². The Kier molecular flexibility index (Phi) is 7.87. The van der Waals surface area contributed by atoms with Gasteiger partial charge in [0.1, 0.15) is 17.8 Å². The summed E-state index contributed by atoms with van der Waals surface area (Å²) < 4.78 is 14.1. The van der Waals surface area contributed by atoms with Crippen LogP contribution in [0.4, 0.5) is 5.82 Å². The van der Waals surface area contributed by atoms with Gasteiger partial charge < -0.3 is 14.8 Å². The predicted molar refractivity (Wildman–Crippen MR) is 158 cm³/mol. The monoisotopic (exact) mass is 590 g/mol. The Bertz CT molecular complexity index is 1750. The van der Waals surface area contributed by atoms with Gasteiger partial charge >= 0.3 is 0 Å². The van der Waals surface area contributed by atoms with Crippen molar-refractivity contribution in [2.75, 3.05) is 32.7 Å². The minimum atomic E-state index is -0.296. The van der Waals surface area contributed by atoms with Crippen LogP contribution in [0.5, 0.6) is 5.75 Å². The van der Waals surface area contributed by atoms with Gasteiger partial charge in [-0.3, -0.25) is 14.8 Å². The van der Waals surface area contributed by atoms with Crippen molar-refractivity contribution in [3.8, 4) is 11.6 Å². The van der Waals surface area contributed by atoms with E-state index in [1.54, 1.807) is 43.7 Å². The van der Waals surface area contributed by atoms with Crippen LogP contribution in [0.1, 0.15) is 35.8 Å². The number of rotatable bonds is 10. The van der Waals surface area contributed by atoms with Crippen LogP contribution >= 0.6 is 11.6 Å². The minimum Gasteiger partial charge on any atom is -0.495 e. The number of hydrogen-bond acceptors (Lipinski definition) is 10. The molecule has 5 heterocycles. The molecule has 13 nitrogen and oxygen atoms in total. The standard InChI is InChI=1S/C28H31ClN10O3/c1-4-38-26-20(13-33-38)24-19(12-31-26)27(35-34-25(24)30-11-17-7-8-23(42-3)21(29)10-17)37-14-22(32-16-37)28(40)36-39-9-5-6-18(39)15-41-2/h7-8,10,12-14,16,18H,4-6,9,11,15H2,1-3H3,(H,30,34)(H,36,40)/t18-/m0/s1. The molecule has 1 amide bonds. The van der Waals surface area contributed by atoms with Gasteiger partial charge in [0.15, 0.2) is 17.3 Å². The molecule has 5 aromatic rings. The van der Waals surface area contributed by atoms with E-state index in [1.807, 2.05) is 34.8 Å². The van der Waals surface area contributed by atoms with E-state index in [2.05, 4.69) is 31.0 Å². The minimum absolute atomic E-state index is 0.141. The molecule has 2 N–H and O–H groups in total. The van der Waals surface area contributed by atoms with E-state index in [1.165, 1.54) is 0 Å². The summed E-state index contributed by atoms with van der Waals surface area (Å²) in [6.45, 7) is 4.45. The first-order valence-corrected chi connectivity index (χ1v) is 14.1. The number of pyridine rings is 1. The third-order valence-corrected chi connectivity index (χ3v) is 7.70. The van der Waals surface area contributed by atoms with Crippen LogP contribution in [0.15, 0.2) is 43.1 Å². The quantitative estimate of drug-likeness (QED) is 0.248. The molecule has 1 atom stereocenters. The Hall–Kier alpha value is -4.33. The van der Waals surface area contributed by atoms with Crippen LogP contribution in [0.3, 0.4) is 0 Å². The van der Waals surface area contributed by atoms with E-state index < -0.39 is 0 Å². The lowest BCUT2D eigenvalue weighted by atomic mass is 10.1. The maximum atomic E-state index is 13.1. The first-order chi connectivity index (χ1) is 20.5. The second-order valence-electron chi connectivity index (χ2n) is 9.99. The zero-order chi connectivity index (χ0) is 29.2. The van der Waals surface area contributed by atoms with Crippen LogP contribution in [-0.2, 0) is 17.8 Å². The van der Waals surface area contributed by atoms with Gasteiger partial charge in [-0.1, -0.05) is 17.7 Å². The zero-order valence-corrected chi connectivity index (χ0v) is 24.3. The Morgan fingerprint density at radius 2 is 2.05 bits per heavy atom. The Labute approximate surface area is 246 Å². The average molecular weight is 591 g/mol. The van der Waals surface area contributed by atoms with Gasteiger partial charge in [0.2, 0.25) is 0 Å². The van der Waals surface area contributed by atoms with E-state index in [0.717, 1.165) is 46.8 Å². The second-order valence-corrected chi connectivity index (χ2v) is 10.4. The van der Waals surface area contributed by atoms with Crippen molar-refractivity contribution in [1.82, 2.24) is 44.9 Å². The van der Waals surface area contributed by atoms with Crippen molar-refractivity contribution >= 4 is 45.1 Å². The third-order valence-electron chi connectivity index (χ3n) is 7.41. The molecule has 218 valence electrons. The fraction of sp³-hybridized carbons (Fsp3) is 0.357. The van der Waals surface area contributed by atoms with Gasteiger partial charge in [-0.2, -0.15) is 5.10 Å². The molecule has 0 saturated carbocycles. The zero-order valence-electron chi connectivity index (χ0n) is 23.5. The summed E-state index contributed by atoms with van der Waals surface area (Å²) in [5, 5.41) is 21.8. The average Bonchev–Trinajstić information content (AvgIpc) is 3.76. The van der Waals surface area contributed by atoms with E-state index in [-0.39, 0.29) is 17.6 Å². The molecule has 1 aliphatic heterocycles. The number of carbonyl (C=O) groups excluding carboxylic acids is 1. The summed E-state index contributed by atoms with van der Waals surface area (Å²) in [6, 6.07) is 5.75. The van der Waals surface area contributed by atoms with Crippen molar-refractivity contribution in [3.05, 3.63) is 59.4 Å². The lowest BCUT2D eigenvalue weighted by Crippen LogP contribution is -2.46. The fourth-order valence-corrected chi connectivity index (χ4v) is 5.58. The lowest BCUT2D eigenvalue weighted by molar-refractivity contribution is 0.0607. The largest absolute Gasteiger partial charge is 0.495 e. The second kappa shape index (κ2) is 11.9. The van der Waals surface area contributed by atoms with E-state index >= 15 is 0 Å². The molecule has 42 heavy (non-hydrogen) atoms. The Morgan fingerprint density at radius 3 is 2.83 bits per heavy atom. The Balaban J connectivity index is 1.34. The molecule has 0 aliphatic carbocycles. The van der Waals surface area contributed by atoms with E-state index in [9.17, 15) is 4.79 Å². The van der Waals surface area contributed by atoms with Crippen LogP contribution in [0.25, 0.3) is 27.6 Å². The van der Waals surface area contributed by atoms with Crippen molar-refractivity contribution in [1.29, 1.82) is 0 Å². The van der Waals surface area contributed by atoms with Gasteiger partial charge in [0, 0.05) is 49.9 Å². The first kappa shape index (κ1) is 27.8. The molecular weight excluding hydrogens is 560 g/mol. The number of benzene rings is 1. The van der Waals surface area contributed by atoms with Crippen molar-refractivity contribution in [2.24, 2.45) is 0 Å². The molecule has 1 aliphatic rings. The van der Waals surface area contributed by atoms with Gasteiger partial charge in [-0.05, 0) is 37.5 Å². The molecular formula is C28H31ClN10O3. The number of carbonyl (C=O) groups is 1. The van der Waals surface area contributed by atoms with Gasteiger partial charge in [0.25, 0.3) is 5.91 Å². The first-order valence-electron chi connectivity index (χ1n) is 13.7. The number of amides is 1. The molecule has 0 spiro atoms. The lowest BCUT2D eigenvalue weighted by Gasteiger charge is -2.23. The predicted octanol–water partition coefficient (Wildman–Crippen LogP) is 3.61. The van der Waals surface area contributed by atoms with Crippen LogP contribution in [-0.4, -0.2) is 78.8 Å². The number of nitrogens with one attached hydrogen (secondary N) is 2. The van der Waals surface area contributed by atoms with E-state index in [4.69, 9.17) is 26.1 Å². The maximum absolute atomic E-state index is 13.1. The highest BCUT2D eigenvalue weighted by Gasteiger charge is 2.27. The summed E-state index contributed by atoms with van der Waals surface area (Å²) in [4.78, 5) is 22.1. The summed E-state index contributed by atoms with van der Waals surface area (Å²) in [7, 11) is 3.25. The van der Waals surface area contributed by atoms with Crippen LogP contribution in [0.2, 0.25) is 5.02 Å². The SMILES string of the molecule is CCn1ncc2c3c(NCc4ccc(OC)c(Cl)c4)nnc(-n4cnc(C(=O)NN5CCC[C@H]5COC)c4)c3cnc21. The summed E-state index contributed by atoms with van der Waals surface area (Å²) in [6.07, 6.45) is 8.70. The van der Waals surface area contributed by atoms with Crippen LogP contribution in [0, 0.1) is 0 Å². The number of halogens is 1. The molecule has 6 rings (SSSR count). The molecule has 14 heteroatoms. The number of anilines is 1. The maximum Gasteiger partial charge on any atom is 0.285 e. The normalized spacial score (nSPS) is 15.5. The number of nitrogens with zero attached hydrogens (tertiary/aromatic N) is 8. The molecule has 4 aromatic heterocycles. The Morgan fingerprint density at radius 1 is 1.17 bits per heavy atom. The number of imidazole rings is 1. The van der Waals surface area contributed by atoms with E-state index in [0.29, 0.717) is 42.1 Å². The van der Waals surface area contributed by atoms with Gasteiger partial charge in [0.05, 0.1) is 36.4 Å². The highest BCUT2D eigenvalue weighted by molar-refractivity contribution is 6.32. The number of fused-ring (bicyclic) bond motifs is 3. The molecule has 1 aromatic carbocycles. The smallest absolute Gasteiger partial charge is 0.285 e.